The first kappa shape index (κ1) is 69.0. The Labute approximate surface area is 561 Å². The van der Waals surface area contributed by atoms with Crippen molar-refractivity contribution >= 4 is 71.5 Å². The first-order valence-electron chi connectivity index (χ1n) is 32.8. The number of halogens is 1. The van der Waals surface area contributed by atoms with Gasteiger partial charge in [-0.05, 0) is 168 Å². The molecule has 0 aromatic carbocycles. The van der Waals surface area contributed by atoms with Gasteiger partial charge in [0.15, 0.2) is 0 Å². The number of hydrogen-bond acceptors (Lipinski definition) is 17. The van der Waals surface area contributed by atoms with Crippen molar-refractivity contribution < 1.29 is 73.1 Å². The minimum Gasteiger partial charge on any atom is -1.00 e. The van der Waals surface area contributed by atoms with E-state index < -0.39 is 5.97 Å². The zero-order chi connectivity index (χ0) is 63.2. The molecule has 3 saturated heterocycles. The third kappa shape index (κ3) is 14.3. The number of rotatable bonds is 17. The molecule has 20 nitrogen and oxygen atoms in total. The predicted octanol–water partition coefficient (Wildman–Crippen LogP) is 5.06. The molecule has 3 amide bonds. The number of anilines is 3. The third-order valence-electron chi connectivity index (χ3n) is 22.1. The van der Waals surface area contributed by atoms with Crippen molar-refractivity contribution in [2.75, 3.05) is 93.4 Å². The van der Waals surface area contributed by atoms with Gasteiger partial charge in [-0.25, -0.2) is 15.0 Å². The van der Waals surface area contributed by atoms with Crippen molar-refractivity contribution in [1.82, 2.24) is 30.1 Å². The van der Waals surface area contributed by atoms with Crippen molar-refractivity contribution in [3.8, 4) is 0 Å². The summed E-state index contributed by atoms with van der Waals surface area (Å²) in [6.45, 7) is 26.8. The number of piperidine rings is 3. The average Bonchev–Trinajstić information content (AvgIpc) is 1.58. The summed E-state index contributed by atoms with van der Waals surface area (Å²) in [7, 11) is 2.69. The molecular weight excluding hydrogens is 1220 g/mol. The molecule has 6 aliphatic carbocycles. The van der Waals surface area contributed by atoms with E-state index in [1.165, 1.54) is 70.5 Å². The maximum atomic E-state index is 12.8. The average molecular weight is 1310 g/mol. The van der Waals surface area contributed by atoms with Crippen LogP contribution in [0.15, 0.2) is 0 Å². The van der Waals surface area contributed by atoms with Gasteiger partial charge in [0.2, 0.25) is 0 Å². The third-order valence-corrected chi connectivity index (χ3v) is 22.5. The fraction of sp³-hybridized carbons (Fsp3) is 0.706. The smallest absolute Gasteiger partial charge is 1.00 e. The second-order valence-electron chi connectivity index (χ2n) is 28.9. The number of alkyl halides is 1. The predicted molar refractivity (Wildman–Crippen MR) is 346 cm³/mol. The maximum Gasteiger partial charge on any atom is 1.00 e. The molecule has 9 heterocycles. The Morgan fingerprint density at radius 1 is 0.571 bits per heavy atom. The molecule has 9 atom stereocenters. The Balaban J connectivity index is 0.000000154. The molecule has 9 unspecified atom stereocenters. The van der Waals surface area contributed by atoms with Crippen LogP contribution in [-0.4, -0.2) is 183 Å². The molecule has 2 N–H and O–H groups in total. The van der Waals surface area contributed by atoms with Crippen LogP contribution in [0.5, 0.6) is 0 Å². The largest absolute Gasteiger partial charge is 1.00 e. The first-order chi connectivity index (χ1) is 42.5. The summed E-state index contributed by atoms with van der Waals surface area (Å²) in [5.41, 5.74) is 12.6. The molecule has 0 spiro atoms. The number of fused-ring (bicyclic) bond motifs is 6. The number of aliphatic hydroxyl groups is 1. The molecule has 3 radical (unpaired) electrons. The Morgan fingerprint density at radius 3 is 1.29 bits per heavy atom. The normalized spacial score (nSPS) is 27.6. The van der Waals surface area contributed by atoms with Crippen molar-refractivity contribution in [3.63, 3.8) is 0 Å². The van der Waals surface area contributed by atoms with Crippen LogP contribution < -0.4 is 38.9 Å². The Morgan fingerprint density at radius 2 is 0.934 bits per heavy atom. The molecule has 6 saturated carbocycles. The standard InChI is InChI=1S/C23H31N3O4.C22H31N3O3.C20H27N3O2.C3H5BrO2.B.Li.H/c1-13-14(2)21(24-16-10-25(11-19(27)29-4)22(28)20(13)16)26-8-5-18(15-9-17(15)26)30-12-23(3)6-7-23;1-13-14(2)20(23-16-11-24(8-9-26)21(27)19(13)16)25-7-4-18(15-10-17(15)25)28-12-22(3)5-6-22;1-11-12(2)18(22-14-9-21-19(24)17(11)14)23-7-4-16(13-8-15(13)23)25-10-20(3)5-6-20;1-6-3(5)2-4;;;/h15,17-18H,5-12H2,1-4H3;15,17-18,26H,4-12H2,1-3H3;13,15-16H,4-10H2,1-3H3,(H,21,24);2H2,1H3;;;/q;;;;;+1;-1. The van der Waals surface area contributed by atoms with Crippen molar-refractivity contribution in [1.29, 1.82) is 0 Å². The van der Waals surface area contributed by atoms with Crippen LogP contribution in [0.25, 0.3) is 0 Å². The van der Waals surface area contributed by atoms with E-state index in [9.17, 15) is 29.1 Å². The summed E-state index contributed by atoms with van der Waals surface area (Å²) in [6.07, 6.45) is 15.8. The van der Waals surface area contributed by atoms with Gasteiger partial charge < -0.3 is 60.0 Å². The quantitative estimate of drug-likeness (QED) is 0.103. The first-order valence-corrected chi connectivity index (χ1v) is 33.9. The molecule has 12 aliphatic rings. The van der Waals surface area contributed by atoms with Crippen molar-refractivity contribution in [3.05, 3.63) is 67.2 Å². The fourth-order valence-corrected chi connectivity index (χ4v) is 14.8. The molecule has 3 aromatic heterocycles. The van der Waals surface area contributed by atoms with Gasteiger partial charge in [-0.3, -0.25) is 24.0 Å². The van der Waals surface area contributed by atoms with E-state index in [0.29, 0.717) is 102 Å². The van der Waals surface area contributed by atoms with Crippen LogP contribution in [0, 0.1) is 75.5 Å². The SMILES string of the molecule is COC(=O)CBr.COC(=O)CN1Cc2nc(N3CCC(OCC4(C)CC4)C4CC43)c(C)c(C)c2C1=O.Cc1c(N2CCC(OCC3(C)CC3)C3CC32)nc2c(c1C)C(=O)N(CCO)C2.Cc1c(N2CCC(OCC3(C)CC3)C3CC32)nc2c(c1C)C(=O)NC2.[B].[H-].[Li+]. The van der Waals surface area contributed by atoms with E-state index in [1.807, 2.05) is 13.8 Å². The number of esters is 2. The number of amides is 3. The Hall–Kier alpha value is -4.82. The van der Waals surface area contributed by atoms with Crippen molar-refractivity contribution in [2.45, 2.75) is 195 Å². The number of aliphatic hydroxyl groups excluding tert-OH is 1. The summed E-state index contributed by atoms with van der Waals surface area (Å²) in [5.74, 6) is 4.27. The number of pyridine rings is 3. The summed E-state index contributed by atoms with van der Waals surface area (Å²) in [5, 5.41) is 12.4. The van der Waals surface area contributed by atoms with Crippen LogP contribution in [-0.2, 0) is 52.9 Å². The molecule has 9 fully saturated rings. The van der Waals surface area contributed by atoms with E-state index >= 15 is 0 Å². The van der Waals surface area contributed by atoms with Crippen LogP contribution in [0.2, 0.25) is 0 Å². The summed E-state index contributed by atoms with van der Waals surface area (Å²) >= 11 is 2.90. The van der Waals surface area contributed by atoms with Gasteiger partial charge in [0.25, 0.3) is 17.7 Å². The number of ether oxygens (including phenoxy) is 5. The van der Waals surface area contributed by atoms with Crippen LogP contribution in [0.3, 0.4) is 0 Å². The van der Waals surface area contributed by atoms with E-state index in [1.54, 1.807) is 4.90 Å². The number of nitrogens with one attached hydrogen (secondary N) is 1. The van der Waals surface area contributed by atoms with E-state index in [-0.39, 0.29) is 70.9 Å². The number of hydrogen-bond donors (Lipinski definition) is 2. The molecule has 6 aliphatic heterocycles. The number of nitrogens with zero attached hydrogens (tertiary/aromatic N) is 8. The van der Waals surface area contributed by atoms with Gasteiger partial charge in [0.1, 0.15) is 29.3 Å². The van der Waals surface area contributed by atoms with E-state index in [0.717, 1.165) is 144 Å². The molecule has 3 aromatic rings. The number of aromatic nitrogens is 3. The zero-order valence-electron chi connectivity index (χ0n) is 56.9. The van der Waals surface area contributed by atoms with Gasteiger partial charge in [0.05, 0.1) is 112 Å². The monoisotopic (exact) mass is 1310 g/mol. The van der Waals surface area contributed by atoms with E-state index in [4.69, 9.17) is 33.9 Å². The molecule has 0 bridgehead atoms. The van der Waals surface area contributed by atoms with Crippen LogP contribution in [0.1, 0.15) is 181 Å². The van der Waals surface area contributed by atoms with Crippen molar-refractivity contribution in [2.24, 2.45) is 34.0 Å². The minimum absolute atomic E-state index is 0. The number of β-amino-alcohol motifs (C(OH)–C–C–N with tert-alkyl or cyclic N) is 1. The molecular formula is C68H95BBrLiN9O11. The Kier molecular flexibility index (Phi) is 20.6. The summed E-state index contributed by atoms with van der Waals surface area (Å²) < 4.78 is 27.9. The van der Waals surface area contributed by atoms with Crippen LogP contribution in [0.4, 0.5) is 17.5 Å². The molecule has 23 heteroatoms. The second kappa shape index (κ2) is 27.1. The van der Waals surface area contributed by atoms with Gasteiger partial charge in [-0.1, -0.05) is 36.7 Å². The van der Waals surface area contributed by atoms with Gasteiger partial charge in [-0.15, -0.1) is 0 Å². The molecule has 15 rings (SSSR count). The number of carbonyl (C=O) groups is 5. The van der Waals surface area contributed by atoms with Gasteiger partial charge in [0, 0.05) is 70.5 Å². The zero-order valence-corrected chi connectivity index (χ0v) is 57.5. The van der Waals surface area contributed by atoms with Gasteiger partial charge >= 0.3 is 30.8 Å². The summed E-state index contributed by atoms with van der Waals surface area (Å²) in [6, 6.07) is 1.59. The molecule has 489 valence electrons. The van der Waals surface area contributed by atoms with Gasteiger partial charge in [-0.2, -0.15) is 0 Å². The fourth-order valence-electron chi connectivity index (χ4n) is 14.6. The van der Waals surface area contributed by atoms with E-state index in [2.05, 4.69) is 89.1 Å². The number of carbonyl (C=O) groups excluding carboxylic acids is 5. The van der Waals surface area contributed by atoms with Crippen LogP contribution >= 0.6 is 15.9 Å². The minimum atomic E-state index is -0.409. The summed E-state index contributed by atoms with van der Waals surface area (Å²) in [4.78, 5) is 84.5. The topological polar surface area (TPSA) is 219 Å². The second-order valence-corrected chi connectivity index (χ2v) is 29.5. The number of methoxy groups -OCH3 is 2. The maximum absolute atomic E-state index is 12.8. The molecule has 91 heavy (non-hydrogen) atoms. The Bertz CT molecular complexity index is 3310.